The van der Waals surface area contributed by atoms with Gasteiger partial charge in [0.1, 0.15) is 11.9 Å². The third kappa shape index (κ3) is 6.10. The van der Waals surface area contributed by atoms with E-state index in [4.69, 9.17) is 0 Å². The summed E-state index contributed by atoms with van der Waals surface area (Å²) in [6, 6.07) is 13.8. The molecule has 6 heteroatoms. The number of halogens is 1. The lowest BCUT2D eigenvalue weighted by Crippen LogP contribution is -2.47. The molecule has 2 rings (SSSR count). The van der Waals surface area contributed by atoms with Gasteiger partial charge in [-0.25, -0.2) is 4.39 Å². The van der Waals surface area contributed by atoms with E-state index < -0.39 is 6.04 Å². The molecule has 0 aliphatic heterocycles. The van der Waals surface area contributed by atoms with E-state index in [0.29, 0.717) is 11.3 Å². The Bertz CT molecular complexity index is 797. The van der Waals surface area contributed by atoms with Gasteiger partial charge >= 0.3 is 0 Å². The van der Waals surface area contributed by atoms with Crippen molar-refractivity contribution in [3.05, 3.63) is 71.0 Å². The summed E-state index contributed by atoms with van der Waals surface area (Å²) in [5.74, 6) is 0.0844. The van der Waals surface area contributed by atoms with Gasteiger partial charge in [-0.1, -0.05) is 48.0 Å². The summed E-state index contributed by atoms with van der Waals surface area (Å²) < 4.78 is 14.0. The fraction of sp³-hybridized carbons (Fsp3) is 0.333. The Morgan fingerprint density at radius 3 is 2.59 bits per heavy atom. The summed E-state index contributed by atoms with van der Waals surface area (Å²) in [5.41, 5.74) is 2.71. The Labute approximate surface area is 164 Å². The van der Waals surface area contributed by atoms with Gasteiger partial charge in [0.25, 0.3) is 0 Å². The molecule has 27 heavy (non-hydrogen) atoms. The van der Waals surface area contributed by atoms with Crippen LogP contribution in [-0.4, -0.2) is 35.6 Å². The van der Waals surface area contributed by atoms with Crippen LogP contribution in [0.5, 0.6) is 0 Å². The molecule has 1 unspecified atom stereocenters. The van der Waals surface area contributed by atoms with Crippen molar-refractivity contribution < 1.29 is 14.0 Å². The van der Waals surface area contributed by atoms with Crippen LogP contribution in [0.15, 0.2) is 48.5 Å². The number of benzene rings is 2. The number of carbonyl (C=O) groups is 2. The number of likely N-dealkylation sites (N-methyl/N-ethyl adjacent to an activating group) is 1. The molecule has 1 N–H and O–H groups in total. The van der Waals surface area contributed by atoms with E-state index >= 15 is 0 Å². The summed E-state index contributed by atoms with van der Waals surface area (Å²) >= 11 is 1.49. The summed E-state index contributed by atoms with van der Waals surface area (Å²) in [6.45, 7) is 3.74. The topological polar surface area (TPSA) is 49.4 Å². The smallest absolute Gasteiger partial charge is 0.242 e. The van der Waals surface area contributed by atoms with Crippen molar-refractivity contribution in [2.45, 2.75) is 32.2 Å². The molecule has 144 valence electrons. The molecular formula is C21H25FN2O2S. The number of hydrogen-bond donors (Lipinski definition) is 1. The van der Waals surface area contributed by atoms with Gasteiger partial charge in [0.15, 0.2) is 0 Å². The fourth-order valence-electron chi connectivity index (χ4n) is 2.74. The number of hydrogen-bond acceptors (Lipinski definition) is 3. The minimum absolute atomic E-state index is 0.0606. The highest BCUT2D eigenvalue weighted by Gasteiger charge is 2.26. The Hall–Kier alpha value is -2.34. The molecule has 0 saturated heterocycles. The van der Waals surface area contributed by atoms with Gasteiger partial charge in [0.2, 0.25) is 11.8 Å². The molecule has 1 atom stereocenters. The monoisotopic (exact) mass is 388 g/mol. The second-order valence-electron chi connectivity index (χ2n) is 6.39. The van der Waals surface area contributed by atoms with Crippen molar-refractivity contribution in [3.63, 3.8) is 0 Å². The highest BCUT2D eigenvalue weighted by atomic mass is 32.2. The van der Waals surface area contributed by atoms with Crippen LogP contribution in [-0.2, 0) is 21.9 Å². The summed E-state index contributed by atoms with van der Waals surface area (Å²) in [4.78, 5) is 26.3. The molecule has 0 bridgehead atoms. The largest absolute Gasteiger partial charge is 0.357 e. The standard InChI is InChI=1S/C21H25FN2O2S/c1-15-7-6-8-17(11-15)13-27-14-20(25)24(16(2)21(26)23-3)12-18-9-4-5-10-19(18)22/h4-11,16H,12-14H2,1-3H3,(H,23,26). The lowest BCUT2D eigenvalue weighted by molar-refractivity contribution is -0.138. The number of thioether (sulfide) groups is 1. The predicted molar refractivity (Wildman–Crippen MR) is 108 cm³/mol. The first-order valence-corrected chi connectivity index (χ1v) is 9.95. The van der Waals surface area contributed by atoms with Gasteiger partial charge in [-0.2, -0.15) is 0 Å². The molecular weight excluding hydrogens is 363 g/mol. The molecule has 0 saturated carbocycles. The van der Waals surface area contributed by atoms with Crippen molar-refractivity contribution in [2.24, 2.45) is 0 Å². The predicted octanol–water partition coefficient (Wildman–Crippen LogP) is 3.53. The zero-order valence-corrected chi connectivity index (χ0v) is 16.7. The Morgan fingerprint density at radius 2 is 1.93 bits per heavy atom. The maximum Gasteiger partial charge on any atom is 0.242 e. The Morgan fingerprint density at radius 1 is 1.19 bits per heavy atom. The fourth-order valence-corrected chi connectivity index (χ4v) is 3.60. The number of nitrogens with one attached hydrogen (secondary N) is 1. The Kier molecular flexibility index (Phi) is 7.85. The van der Waals surface area contributed by atoms with Crippen LogP contribution >= 0.6 is 11.8 Å². The molecule has 0 aliphatic rings. The molecule has 4 nitrogen and oxygen atoms in total. The summed E-state index contributed by atoms with van der Waals surface area (Å²) in [5, 5.41) is 2.56. The van der Waals surface area contributed by atoms with Crippen molar-refractivity contribution in [1.82, 2.24) is 10.2 Å². The second-order valence-corrected chi connectivity index (χ2v) is 7.37. The van der Waals surface area contributed by atoms with Crippen LogP contribution in [0, 0.1) is 12.7 Å². The van der Waals surface area contributed by atoms with Crippen LogP contribution < -0.4 is 5.32 Å². The average molecular weight is 389 g/mol. The van der Waals surface area contributed by atoms with E-state index in [-0.39, 0.29) is 29.9 Å². The third-order valence-corrected chi connectivity index (χ3v) is 5.28. The lowest BCUT2D eigenvalue weighted by atomic mass is 10.1. The maximum absolute atomic E-state index is 14.0. The highest BCUT2D eigenvalue weighted by Crippen LogP contribution is 2.17. The zero-order chi connectivity index (χ0) is 19.8. The summed E-state index contributed by atoms with van der Waals surface area (Å²) in [7, 11) is 1.52. The first-order chi connectivity index (χ1) is 12.9. The average Bonchev–Trinajstić information content (AvgIpc) is 2.66. The van der Waals surface area contributed by atoms with E-state index in [9.17, 15) is 14.0 Å². The second kappa shape index (κ2) is 10.1. The number of nitrogens with zero attached hydrogens (tertiary/aromatic N) is 1. The molecule has 2 amide bonds. The van der Waals surface area contributed by atoms with E-state index in [0.717, 1.165) is 5.56 Å². The number of carbonyl (C=O) groups excluding carboxylic acids is 2. The van der Waals surface area contributed by atoms with Gasteiger partial charge in [-0.05, 0) is 25.5 Å². The molecule has 2 aromatic carbocycles. The molecule has 0 spiro atoms. The molecule has 0 fully saturated rings. The zero-order valence-electron chi connectivity index (χ0n) is 15.9. The SMILES string of the molecule is CNC(=O)C(C)N(Cc1ccccc1F)C(=O)CSCc1cccc(C)c1. The van der Waals surface area contributed by atoms with E-state index in [2.05, 4.69) is 11.4 Å². The molecule has 0 aromatic heterocycles. The highest BCUT2D eigenvalue weighted by molar-refractivity contribution is 7.99. The van der Waals surface area contributed by atoms with Gasteiger partial charge in [-0.15, -0.1) is 11.8 Å². The van der Waals surface area contributed by atoms with Gasteiger partial charge in [0, 0.05) is 24.9 Å². The van der Waals surface area contributed by atoms with E-state index in [1.807, 2.05) is 25.1 Å². The third-order valence-electron chi connectivity index (χ3n) is 4.29. The van der Waals surface area contributed by atoms with Crippen LogP contribution in [0.25, 0.3) is 0 Å². The minimum atomic E-state index is -0.679. The van der Waals surface area contributed by atoms with Crippen molar-refractivity contribution in [2.75, 3.05) is 12.8 Å². The lowest BCUT2D eigenvalue weighted by Gasteiger charge is -2.28. The molecule has 0 heterocycles. The van der Waals surface area contributed by atoms with Crippen molar-refractivity contribution in [3.8, 4) is 0 Å². The van der Waals surface area contributed by atoms with Crippen LogP contribution in [0.4, 0.5) is 4.39 Å². The number of amides is 2. The first kappa shape index (κ1) is 21.0. The minimum Gasteiger partial charge on any atom is -0.357 e. The van der Waals surface area contributed by atoms with Gasteiger partial charge < -0.3 is 10.2 Å². The Balaban J connectivity index is 2.06. The van der Waals surface area contributed by atoms with E-state index in [1.165, 1.54) is 35.3 Å². The quantitative estimate of drug-likeness (QED) is 0.753. The number of rotatable bonds is 8. The summed E-state index contributed by atoms with van der Waals surface area (Å²) in [6.07, 6.45) is 0. The van der Waals surface area contributed by atoms with Crippen molar-refractivity contribution >= 4 is 23.6 Å². The van der Waals surface area contributed by atoms with Gasteiger partial charge in [0.05, 0.1) is 5.75 Å². The molecule has 0 aliphatic carbocycles. The van der Waals surface area contributed by atoms with Crippen LogP contribution in [0.2, 0.25) is 0 Å². The maximum atomic E-state index is 14.0. The van der Waals surface area contributed by atoms with Crippen molar-refractivity contribution in [1.29, 1.82) is 0 Å². The normalized spacial score (nSPS) is 11.7. The van der Waals surface area contributed by atoms with Crippen LogP contribution in [0.3, 0.4) is 0 Å². The molecule has 2 aromatic rings. The van der Waals surface area contributed by atoms with Crippen LogP contribution in [0.1, 0.15) is 23.6 Å². The number of aryl methyl sites for hydroxylation is 1. The molecule has 0 radical (unpaired) electrons. The van der Waals surface area contributed by atoms with Gasteiger partial charge in [-0.3, -0.25) is 9.59 Å². The van der Waals surface area contributed by atoms with E-state index in [1.54, 1.807) is 25.1 Å². The first-order valence-electron chi connectivity index (χ1n) is 8.80.